The Morgan fingerprint density at radius 1 is 1.56 bits per heavy atom. The molecule has 0 saturated heterocycles. The van der Waals surface area contributed by atoms with Gasteiger partial charge in [0.2, 0.25) is 10.8 Å². The molecule has 1 N–H and O–H groups in total. The van der Waals surface area contributed by atoms with E-state index < -0.39 is 5.97 Å². The molecule has 3 rings (SSSR count). The molecule has 92 valence electrons. The second kappa shape index (κ2) is 4.26. The molecule has 3 aromatic rings. The van der Waals surface area contributed by atoms with E-state index >= 15 is 0 Å². The number of aromatic nitrogens is 3. The molecule has 0 spiro atoms. The van der Waals surface area contributed by atoms with Crippen molar-refractivity contribution in [1.29, 1.82) is 0 Å². The summed E-state index contributed by atoms with van der Waals surface area (Å²) in [5, 5.41) is 14.9. The van der Waals surface area contributed by atoms with E-state index in [1.165, 1.54) is 11.3 Å². The van der Waals surface area contributed by atoms with E-state index in [0.29, 0.717) is 18.0 Å². The zero-order valence-electron chi connectivity index (χ0n) is 9.24. The molecular formula is C11H9N3O3S. The van der Waals surface area contributed by atoms with Gasteiger partial charge in [0.1, 0.15) is 0 Å². The quantitative estimate of drug-likeness (QED) is 0.779. The van der Waals surface area contributed by atoms with Crippen molar-refractivity contribution in [1.82, 2.24) is 14.6 Å². The van der Waals surface area contributed by atoms with Crippen LogP contribution in [0.2, 0.25) is 0 Å². The lowest BCUT2D eigenvalue weighted by Gasteiger charge is -1.94. The van der Waals surface area contributed by atoms with Gasteiger partial charge in [-0.25, -0.2) is 4.52 Å². The Labute approximate surface area is 105 Å². The van der Waals surface area contributed by atoms with Crippen molar-refractivity contribution in [3.63, 3.8) is 0 Å². The molecule has 0 fully saturated rings. The number of hydrogen-bond donors (Lipinski definition) is 1. The number of fused-ring (bicyclic) bond motifs is 1. The monoisotopic (exact) mass is 263 g/mol. The maximum absolute atomic E-state index is 10.6. The van der Waals surface area contributed by atoms with Crippen molar-refractivity contribution in [2.75, 3.05) is 0 Å². The van der Waals surface area contributed by atoms with Crippen molar-refractivity contribution < 1.29 is 14.3 Å². The summed E-state index contributed by atoms with van der Waals surface area (Å²) in [6.07, 6.45) is 2.09. The van der Waals surface area contributed by atoms with Crippen LogP contribution in [0.1, 0.15) is 12.1 Å². The number of aryl methyl sites for hydroxylation is 1. The lowest BCUT2D eigenvalue weighted by atomic mass is 10.2. The first kappa shape index (κ1) is 11.0. The van der Waals surface area contributed by atoms with Gasteiger partial charge in [-0.1, -0.05) is 0 Å². The van der Waals surface area contributed by atoms with Crippen LogP contribution >= 0.6 is 11.3 Å². The van der Waals surface area contributed by atoms with Crippen molar-refractivity contribution in [3.05, 3.63) is 29.5 Å². The molecule has 3 heterocycles. The van der Waals surface area contributed by atoms with Gasteiger partial charge in [-0.3, -0.25) is 4.79 Å². The number of carbonyl (C=O) groups is 1. The van der Waals surface area contributed by atoms with Crippen molar-refractivity contribution in [2.45, 2.75) is 12.8 Å². The maximum atomic E-state index is 10.6. The minimum Gasteiger partial charge on any atom is -0.481 e. The fourth-order valence-electron chi connectivity index (χ4n) is 1.64. The van der Waals surface area contributed by atoms with Gasteiger partial charge in [-0.05, 0) is 12.1 Å². The van der Waals surface area contributed by atoms with Gasteiger partial charge in [-0.15, -0.1) is 16.4 Å². The fraction of sp³-hybridized carbons (Fsp3) is 0.182. The molecule has 0 saturated carbocycles. The van der Waals surface area contributed by atoms with E-state index in [9.17, 15) is 4.79 Å². The number of hydrogen-bond acceptors (Lipinski definition) is 5. The third-order valence-corrected chi connectivity index (χ3v) is 3.35. The molecule has 0 aliphatic carbocycles. The third-order valence-electron chi connectivity index (χ3n) is 2.49. The molecule has 0 amide bonds. The molecule has 0 aromatic carbocycles. The van der Waals surface area contributed by atoms with E-state index in [1.54, 1.807) is 22.9 Å². The largest absolute Gasteiger partial charge is 0.481 e. The molecule has 0 aliphatic rings. The lowest BCUT2D eigenvalue weighted by molar-refractivity contribution is -0.136. The standard InChI is InChI=1S/C11H9N3O3S/c15-9(16)4-3-7-6-18-11-12-10(13-14(7)11)8-2-1-5-17-8/h1-2,5-6H,3-4H2,(H,15,16). The van der Waals surface area contributed by atoms with Crippen molar-refractivity contribution in [2.24, 2.45) is 0 Å². The molecule has 0 radical (unpaired) electrons. The average Bonchev–Trinajstić information content (AvgIpc) is 3.02. The Hall–Kier alpha value is -2.15. The Bertz CT molecular complexity index is 684. The minimum atomic E-state index is -0.819. The molecule has 0 bridgehead atoms. The number of carboxylic acids is 1. The van der Waals surface area contributed by atoms with Crippen LogP contribution in [0.3, 0.4) is 0 Å². The van der Waals surface area contributed by atoms with E-state index in [0.717, 1.165) is 10.7 Å². The molecule has 0 unspecified atom stereocenters. The summed E-state index contributed by atoms with van der Waals surface area (Å²) in [6.45, 7) is 0. The highest BCUT2D eigenvalue weighted by atomic mass is 32.1. The number of nitrogens with zero attached hydrogens (tertiary/aromatic N) is 3. The van der Waals surface area contributed by atoms with Crippen molar-refractivity contribution >= 4 is 22.3 Å². The van der Waals surface area contributed by atoms with Crippen LogP contribution in [0.5, 0.6) is 0 Å². The second-order valence-corrected chi connectivity index (χ2v) is 4.56. The first-order chi connectivity index (χ1) is 8.74. The summed E-state index contributed by atoms with van der Waals surface area (Å²) < 4.78 is 6.90. The topological polar surface area (TPSA) is 80.6 Å². The zero-order valence-corrected chi connectivity index (χ0v) is 10.1. The third kappa shape index (κ3) is 1.88. The summed E-state index contributed by atoms with van der Waals surface area (Å²) in [4.78, 5) is 15.6. The first-order valence-electron chi connectivity index (χ1n) is 5.33. The number of thiazole rings is 1. The summed E-state index contributed by atoms with van der Waals surface area (Å²) in [6, 6.07) is 3.56. The van der Waals surface area contributed by atoms with Crippen LogP contribution in [0.4, 0.5) is 0 Å². The van der Waals surface area contributed by atoms with Crippen LogP contribution in [-0.2, 0) is 11.2 Å². The Morgan fingerprint density at radius 3 is 3.17 bits per heavy atom. The van der Waals surface area contributed by atoms with E-state index in [4.69, 9.17) is 9.52 Å². The smallest absolute Gasteiger partial charge is 0.303 e. The maximum Gasteiger partial charge on any atom is 0.303 e. The van der Waals surface area contributed by atoms with Crippen LogP contribution in [0, 0.1) is 0 Å². The van der Waals surface area contributed by atoms with Gasteiger partial charge in [0.05, 0.1) is 18.4 Å². The first-order valence-corrected chi connectivity index (χ1v) is 6.21. The Balaban J connectivity index is 1.95. The second-order valence-electron chi connectivity index (χ2n) is 3.73. The highest BCUT2D eigenvalue weighted by molar-refractivity contribution is 7.15. The van der Waals surface area contributed by atoms with E-state index in [2.05, 4.69) is 10.1 Å². The van der Waals surface area contributed by atoms with Crippen LogP contribution < -0.4 is 0 Å². The summed E-state index contributed by atoms with van der Waals surface area (Å²) in [5.41, 5.74) is 0.850. The highest BCUT2D eigenvalue weighted by Crippen LogP contribution is 2.21. The van der Waals surface area contributed by atoms with Crippen molar-refractivity contribution in [3.8, 4) is 11.6 Å². The van der Waals surface area contributed by atoms with Crippen LogP contribution in [0.15, 0.2) is 28.2 Å². The minimum absolute atomic E-state index is 0.0851. The number of carboxylic acid groups (broad SMARTS) is 1. The number of rotatable bonds is 4. The molecule has 0 aliphatic heterocycles. The molecule has 0 atom stereocenters. The van der Waals surface area contributed by atoms with Crippen LogP contribution in [0.25, 0.3) is 16.5 Å². The number of furan rings is 1. The van der Waals surface area contributed by atoms with Gasteiger partial charge in [0, 0.05) is 11.8 Å². The molecule has 3 aromatic heterocycles. The summed E-state index contributed by atoms with van der Waals surface area (Å²) in [5.74, 6) is 0.305. The van der Waals surface area contributed by atoms with Crippen LogP contribution in [-0.4, -0.2) is 25.7 Å². The Kier molecular flexibility index (Phi) is 2.60. The zero-order chi connectivity index (χ0) is 12.5. The normalized spacial score (nSPS) is 11.1. The molecular weight excluding hydrogens is 254 g/mol. The summed E-state index contributed by atoms with van der Waals surface area (Å²) in [7, 11) is 0. The van der Waals surface area contributed by atoms with E-state index in [-0.39, 0.29) is 6.42 Å². The predicted octanol–water partition coefficient (Wildman–Crippen LogP) is 2.07. The average molecular weight is 263 g/mol. The SMILES string of the molecule is O=C(O)CCc1csc2nc(-c3ccco3)nn12. The highest BCUT2D eigenvalue weighted by Gasteiger charge is 2.13. The summed E-state index contributed by atoms with van der Waals surface area (Å²) >= 11 is 1.44. The van der Waals surface area contributed by atoms with Gasteiger partial charge >= 0.3 is 5.97 Å². The molecule has 6 nitrogen and oxygen atoms in total. The predicted molar refractivity (Wildman–Crippen MR) is 64.5 cm³/mol. The van der Waals surface area contributed by atoms with E-state index in [1.807, 2.05) is 5.38 Å². The lowest BCUT2D eigenvalue weighted by Crippen LogP contribution is -2.00. The Morgan fingerprint density at radius 2 is 2.44 bits per heavy atom. The van der Waals surface area contributed by atoms with Gasteiger partial charge in [-0.2, -0.15) is 4.98 Å². The number of aliphatic carboxylic acids is 1. The fourth-order valence-corrected chi connectivity index (χ4v) is 2.50. The molecule has 7 heteroatoms. The van der Waals surface area contributed by atoms with Gasteiger partial charge < -0.3 is 9.52 Å². The van der Waals surface area contributed by atoms with Gasteiger partial charge in [0.15, 0.2) is 5.76 Å². The van der Waals surface area contributed by atoms with Gasteiger partial charge in [0.25, 0.3) is 0 Å². The molecule has 18 heavy (non-hydrogen) atoms.